The number of nitrogens with one attached hydrogen (secondary N) is 2. The number of aromatic nitrogens is 3. The topological polar surface area (TPSA) is 53.6 Å². The molecule has 2 heterocycles. The standard InChI is InChI=1S/C13H17FN4/c1-13(2,3)16-8-10-6-12(18-17-10)11-5-4-9(14)7-15-11/h4-7,16H,8H2,1-3H3,(H,17,18). The molecular weight excluding hydrogens is 231 g/mol. The second-order valence-corrected chi connectivity index (χ2v) is 5.24. The molecule has 0 saturated carbocycles. The Bertz CT molecular complexity index is 511. The first-order valence-corrected chi connectivity index (χ1v) is 5.85. The summed E-state index contributed by atoms with van der Waals surface area (Å²) in [5.74, 6) is -0.344. The molecule has 0 aliphatic carbocycles. The summed E-state index contributed by atoms with van der Waals surface area (Å²) in [6.07, 6.45) is 1.19. The van der Waals surface area contributed by atoms with E-state index < -0.39 is 0 Å². The van der Waals surface area contributed by atoms with E-state index in [1.165, 1.54) is 12.3 Å². The van der Waals surface area contributed by atoms with Gasteiger partial charge in [0, 0.05) is 17.8 Å². The van der Waals surface area contributed by atoms with Crippen molar-refractivity contribution >= 4 is 0 Å². The van der Waals surface area contributed by atoms with Crippen LogP contribution in [0.4, 0.5) is 4.39 Å². The second-order valence-electron chi connectivity index (χ2n) is 5.24. The first-order valence-electron chi connectivity index (χ1n) is 5.85. The van der Waals surface area contributed by atoms with Gasteiger partial charge in [0.2, 0.25) is 0 Å². The molecule has 0 saturated heterocycles. The Labute approximate surface area is 106 Å². The quantitative estimate of drug-likeness (QED) is 0.877. The molecule has 0 unspecified atom stereocenters. The van der Waals surface area contributed by atoms with E-state index in [9.17, 15) is 4.39 Å². The van der Waals surface area contributed by atoms with Gasteiger partial charge in [-0.1, -0.05) is 0 Å². The van der Waals surface area contributed by atoms with Gasteiger partial charge < -0.3 is 5.32 Å². The minimum atomic E-state index is -0.344. The van der Waals surface area contributed by atoms with Crippen LogP contribution in [0, 0.1) is 5.82 Å². The molecule has 0 radical (unpaired) electrons. The Kier molecular flexibility index (Phi) is 3.43. The third-order valence-corrected chi connectivity index (χ3v) is 2.43. The number of hydrogen-bond acceptors (Lipinski definition) is 3. The minimum Gasteiger partial charge on any atom is -0.306 e. The smallest absolute Gasteiger partial charge is 0.141 e. The van der Waals surface area contributed by atoms with E-state index in [-0.39, 0.29) is 11.4 Å². The SMILES string of the molecule is CC(C)(C)NCc1cc(-c2ccc(F)cn2)n[nH]1. The van der Waals surface area contributed by atoms with Crippen LogP contribution in [-0.4, -0.2) is 20.7 Å². The van der Waals surface area contributed by atoms with Gasteiger partial charge in [-0.3, -0.25) is 10.1 Å². The Hall–Kier alpha value is -1.75. The predicted octanol–water partition coefficient (Wildman–Crippen LogP) is 2.50. The lowest BCUT2D eigenvalue weighted by Gasteiger charge is -2.19. The Morgan fingerprint density at radius 1 is 1.28 bits per heavy atom. The summed E-state index contributed by atoms with van der Waals surface area (Å²) in [4.78, 5) is 3.99. The zero-order chi connectivity index (χ0) is 13.2. The van der Waals surface area contributed by atoms with Gasteiger partial charge in [0.25, 0.3) is 0 Å². The monoisotopic (exact) mass is 248 g/mol. The number of rotatable bonds is 3. The Morgan fingerprint density at radius 3 is 2.67 bits per heavy atom. The lowest BCUT2D eigenvalue weighted by molar-refractivity contribution is 0.421. The van der Waals surface area contributed by atoms with Gasteiger partial charge in [-0.25, -0.2) is 4.39 Å². The molecule has 0 aliphatic heterocycles. The maximum atomic E-state index is 12.8. The normalized spacial score (nSPS) is 11.8. The third-order valence-electron chi connectivity index (χ3n) is 2.43. The highest BCUT2D eigenvalue weighted by atomic mass is 19.1. The number of halogens is 1. The van der Waals surface area contributed by atoms with Crippen LogP contribution in [0.15, 0.2) is 24.4 Å². The number of pyridine rings is 1. The third kappa shape index (κ3) is 3.37. The van der Waals surface area contributed by atoms with Gasteiger partial charge in [0.15, 0.2) is 0 Å². The van der Waals surface area contributed by atoms with Crippen molar-refractivity contribution in [1.29, 1.82) is 0 Å². The van der Waals surface area contributed by atoms with Crippen molar-refractivity contribution in [1.82, 2.24) is 20.5 Å². The molecule has 0 fully saturated rings. The van der Waals surface area contributed by atoms with Gasteiger partial charge in [0.1, 0.15) is 11.5 Å². The fourth-order valence-corrected chi connectivity index (χ4v) is 1.47. The predicted molar refractivity (Wildman–Crippen MR) is 68.4 cm³/mol. The zero-order valence-electron chi connectivity index (χ0n) is 10.8. The summed E-state index contributed by atoms with van der Waals surface area (Å²) in [5, 5.41) is 10.5. The minimum absolute atomic E-state index is 0.0550. The van der Waals surface area contributed by atoms with Crippen LogP contribution in [0.3, 0.4) is 0 Å². The van der Waals surface area contributed by atoms with E-state index in [4.69, 9.17) is 0 Å². The highest BCUT2D eigenvalue weighted by Crippen LogP contribution is 2.15. The molecule has 0 atom stereocenters. The molecule has 0 spiro atoms. The Morgan fingerprint density at radius 2 is 2.06 bits per heavy atom. The Balaban J connectivity index is 2.08. The summed E-state index contributed by atoms with van der Waals surface area (Å²) in [5.41, 5.74) is 2.42. The fourth-order valence-electron chi connectivity index (χ4n) is 1.47. The van der Waals surface area contributed by atoms with Crippen molar-refractivity contribution in [3.63, 3.8) is 0 Å². The molecule has 4 nitrogen and oxygen atoms in total. The van der Waals surface area contributed by atoms with Gasteiger partial charge in [0.05, 0.1) is 11.9 Å². The number of hydrogen-bond donors (Lipinski definition) is 2. The van der Waals surface area contributed by atoms with E-state index in [0.29, 0.717) is 12.2 Å². The summed E-state index contributed by atoms with van der Waals surface area (Å²) >= 11 is 0. The molecule has 2 N–H and O–H groups in total. The van der Waals surface area contributed by atoms with Gasteiger partial charge in [-0.2, -0.15) is 5.10 Å². The molecule has 0 amide bonds. The average Bonchev–Trinajstić information content (AvgIpc) is 2.75. The highest BCUT2D eigenvalue weighted by molar-refractivity contribution is 5.53. The van der Waals surface area contributed by atoms with Crippen molar-refractivity contribution in [3.05, 3.63) is 35.9 Å². The molecule has 0 aromatic carbocycles. The van der Waals surface area contributed by atoms with E-state index in [1.807, 2.05) is 6.07 Å². The van der Waals surface area contributed by atoms with E-state index in [0.717, 1.165) is 11.4 Å². The number of aromatic amines is 1. The van der Waals surface area contributed by atoms with Crippen molar-refractivity contribution < 1.29 is 4.39 Å². The van der Waals surface area contributed by atoms with Crippen molar-refractivity contribution in [3.8, 4) is 11.4 Å². The zero-order valence-corrected chi connectivity index (χ0v) is 10.8. The molecule has 5 heteroatoms. The van der Waals surface area contributed by atoms with E-state index >= 15 is 0 Å². The maximum Gasteiger partial charge on any atom is 0.141 e. The van der Waals surface area contributed by atoms with Crippen LogP contribution in [0.2, 0.25) is 0 Å². The van der Waals surface area contributed by atoms with Crippen molar-refractivity contribution in [2.75, 3.05) is 0 Å². The molecule has 0 bridgehead atoms. The van der Waals surface area contributed by atoms with Crippen LogP contribution in [0.5, 0.6) is 0 Å². The molecule has 2 aromatic rings. The number of H-pyrrole nitrogens is 1. The van der Waals surface area contributed by atoms with Crippen LogP contribution < -0.4 is 5.32 Å². The average molecular weight is 248 g/mol. The van der Waals surface area contributed by atoms with Gasteiger partial charge in [-0.05, 0) is 39.0 Å². The lowest BCUT2D eigenvalue weighted by atomic mass is 10.1. The molecule has 18 heavy (non-hydrogen) atoms. The maximum absolute atomic E-state index is 12.8. The van der Waals surface area contributed by atoms with Crippen LogP contribution in [-0.2, 0) is 6.54 Å². The van der Waals surface area contributed by atoms with Gasteiger partial charge >= 0.3 is 0 Å². The van der Waals surface area contributed by atoms with Crippen LogP contribution in [0.25, 0.3) is 11.4 Å². The first kappa shape index (κ1) is 12.7. The molecule has 2 rings (SSSR count). The summed E-state index contributed by atoms with van der Waals surface area (Å²) in [6.45, 7) is 7.01. The molecular formula is C13H17FN4. The van der Waals surface area contributed by atoms with Crippen LogP contribution in [0.1, 0.15) is 26.5 Å². The molecule has 0 aliphatic rings. The summed E-state index contributed by atoms with van der Waals surface area (Å²) < 4.78 is 12.8. The number of nitrogens with zero attached hydrogens (tertiary/aromatic N) is 2. The first-order chi connectivity index (χ1) is 8.44. The summed E-state index contributed by atoms with van der Waals surface area (Å²) in [7, 11) is 0. The van der Waals surface area contributed by atoms with Crippen molar-refractivity contribution in [2.24, 2.45) is 0 Å². The van der Waals surface area contributed by atoms with Crippen LogP contribution >= 0.6 is 0 Å². The van der Waals surface area contributed by atoms with Crippen molar-refractivity contribution in [2.45, 2.75) is 32.9 Å². The highest BCUT2D eigenvalue weighted by Gasteiger charge is 2.10. The summed E-state index contributed by atoms with van der Waals surface area (Å²) in [6, 6.07) is 4.91. The molecule has 2 aromatic heterocycles. The van der Waals surface area contributed by atoms with E-state index in [2.05, 4.69) is 41.3 Å². The van der Waals surface area contributed by atoms with E-state index in [1.54, 1.807) is 6.07 Å². The lowest BCUT2D eigenvalue weighted by Crippen LogP contribution is -2.35. The largest absolute Gasteiger partial charge is 0.306 e. The van der Waals surface area contributed by atoms with Gasteiger partial charge in [-0.15, -0.1) is 0 Å². The fraction of sp³-hybridized carbons (Fsp3) is 0.385. The molecule has 96 valence electrons. The second kappa shape index (κ2) is 4.86.